The Morgan fingerprint density at radius 1 is 1.47 bits per heavy atom. The number of carboxylic acid groups (broad SMARTS) is 1. The van der Waals surface area contributed by atoms with Gasteiger partial charge < -0.3 is 9.84 Å². The van der Waals surface area contributed by atoms with Crippen LogP contribution in [0.1, 0.15) is 46.0 Å². The molecule has 1 N–H and O–H groups in total. The summed E-state index contributed by atoms with van der Waals surface area (Å²) in [6, 6.07) is -0.109. The molecule has 0 spiro atoms. The monoisotopic (exact) mass is 243 g/mol. The summed E-state index contributed by atoms with van der Waals surface area (Å²) in [6.45, 7) is 6.06. The van der Waals surface area contributed by atoms with Crippen molar-refractivity contribution in [2.45, 2.75) is 58.0 Å². The number of nitrogens with zero attached hydrogens (tertiary/aromatic N) is 1. The molecule has 0 aromatic carbocycles. The lowest BCUT2D eigenvalue weighted by Crippen LogP contribution is -2.53. The number of ether oxygens (including phenoxy) is 1. The molecule has 1 fully saturated rings. The van der Waals surface area contributed by atoms with E-state index in [0.717, 1.165) is 13.0 Å². The van der Waals surface area contributed by atoms with E-state index in [-0.39, 0.29) is 0 Å². The molecule has 1 aliphatic rings. The molecule has 0 saturated carbocycles. The molecule has 17 heavy (non-hydrogen) atoms. The average molecular weight is 243 g/mol. The third-order valence-corrected chi connectivity index (χ3v) is 3.50. The van der Waals surface area contributed by atoms with Crippen molar-refractivity contribution in [3.8, 4) is 0 Å². The average Bonchev–Trinajstić information content (AvgIpc) is 2.34. The Balaban J connectivity index is 2.36. The third kappa shape index (κ3) is 4.64. The number of hydrogen-bond donors (Lipinski definition) is 1. The van der Waals surface area contributed by atoms with Crippen LogP contribution in [0.25, 0.3) is 0 Å². The molecule has 1 aliphatic heterocycles. The van der Waals surface area contributed by atoms with Gasteiger partial charge >= 0.3 is 5.97 Å². The Hall–Kier alpha value is -0.610. The van der Waals surface area contributed by atoms with Crippen LogP contribution in [0.4, 0.5) is 0 Å². The van der Waals surface area contributed by atoms with Crippen molar-refractivity contribution < 1.29 is 14.6 Å². The van der Waals surface area contributed by atoms with E-state index in [2.05, 4.69) is 18.7 Å². The molecule has 0 aromatic rings. The Kier molecular flexibility index (Phi) is 6.52. The second-order valence-electron chi connectivity index (χ2n) is 4.87. The van der Waals surface area contributed by atoms with Crippen molar-refractivity contribution >= 4 is 5.97 Å². The number of unbranched alkanes of at least 4 members (excludes halogenated alkanes) is 3. The lowest BCUT2D eigenvalue weighted by molar-refractivity contribution is -0.151. The zero-order valence-corrected chi connectivity index (χ0v) is 11.0. The van der Waals surface area contributed by atoms with E-state index in [9.17, 15) is 4.79 Å². The molecule has 2 atom stereocenters. The summed E-state index contributed by atoms with van der Waals surface area (Å²) in [5, 5.41) is 9.15. The lowest BCUT2D eigenvalue weighted by Gasteiger charge is -2.37. The highest BCUT2D eigenvalue weighted by Crippen LogP contribution is 2.16. The summed E-state index contributed by atoms with van der Waals surface area (Å²) in [6.07, 6.45) is 6.05. The second-order valence-corrected chi connectivity index (χ2v) is 4.87. The SMILES string of the molecule is CCCCCCC(C)N1CCOCC1C(=O)O. The second kappa shape index (κ2) is 7.67. The maximum absolute atomic E-state index is 11.1. The fourth-order valence-electron chi connectivity index (χ4n) is 2.39. The zero-order valence-electron chi connectivity index (χ0n) is 11.0. The first-order valence-electron chi connectivity index (χ1n) is 6.73. The normalized spacial score (nSPS) is 23.5. The van der Waals surface area contributed by atoms with E-state index in [1.165, 1.54) is 25.7 Å². The van der Waals surface area contributed by atoms with Crippen molar-refractivity contribution in [2.24, 2.45) is 0 Å². The van der Waals surface area contributed by atoms with Gasteiger partial charge in [0.2, 0.25) is 0 Å². The van der Waals surface area contributed by atoms with Crippen molar-refractivity contribution in [3.05, 3.63) is 0 Å². The molecule has 0 radical (unpaired) electrons. The Morgan fingerprint density at radius 2 is 2.24 bits per heavy atom. The molecule has 0 amide bonds. The van der Waals surface area contributed by atoms with Crippen LogP contribution < -0.4 is 0 Å². The van der Waals surface area contributed by atoms with Crippen LogP contribution in [0, 0.1) is 0 Å². The van der Waals surface area contributed by atoms with E-state index >= 15 is 0 Å². The summed E-state index contributed by atoms with van der Waals surface area (Å²) >= 11 is 0. The van der Waals surface area contributed by atoms with Crippen LogP contribution in [-0.2, 0) is 9.53 Å². The molecule has 4 nitrogen and oxygen atoms in total. The molecule has 1 heterocycles. The van der Waals surface area contributed by atoms with E-state index in [4.69, 9.17) is 9.84 Å². The molecule has 0 aromatic heterocycles. The van der Waals surface area contributed by atoms with Gasteiger partial charge in [-0.05, 0) is 13.3 Å². The Morgan fingerprint density at radius 3 is 2.88 bits per heavy atom. The fourth-order valence-corrected chi connectivity index (χ4v) is 2.39. The van der Waals surface area contributed by atoms with Gasteiger partial charge in [0.05, 0.1) is 13.2 Å². The van der Waals surface area contributed by atoms with Gasteiger partial charge in [-0.25, -0.2) is 0 Å². The number of carboxylic acids is 1. The van der Waals surface area contributed by atoms with Crippen LogP contribution in [-0.4, -0.2) is 47.8 Å². The van der Waals surface area contributed by atoms with Gasteiger partial charge in [-0.2, -0.15) is 0 Å². The fraction of sp³-hybridized carbons (Fsp3) is 0.923. The first kappa shape index (κ1) is 14.5. The van der Waals surface area contributed by atoms with E-state index in [1.807, 2.05) is 0 Å². The largest absolute Gasteiger partial charge is 0.480 e. The highest BCUT2D eigenvalue weighted by Gasteiger charge is 2.31. The molecule has 4 heteroatoms. The molecule has 100 valence electrons. The zero-order chi connectivity index (χ0) is 12.7. The van der Waals surface area contributed by atoms with Crippen LogP contribution in [0.5, 0.6) is 0 Å². The lowest BCUT2D eigenvalue weighted by atomic mass is 10.0. The van der Waals surface area contributed by atoms with E-state index in [1.54, 1.807) is 0 Å². The van der Waals surface area contributed by atoms with Crippen molar-refractivity contribution in [1.82, 2.24) is 4.90 Å². The highest BCUT2D eigenvalue weighted by atomic mass is 16.5. The summed E-state index contributed by atoms with van der Waals surface area (Å²) in [5.74, 6) is -0.759. The molecular weight excluding hydrogens is 218 g/mol. The molecule has 0 aliphatic carbocycles. The minimum atomic E-state index is -0.759. The summed E-state index contributed by atoms with van der Waals surface area (Å²) in [4.78, 5) is 13.2. The third-order valence-electron chi connectivity index (χ3n) is 3.50. The Bertz CT molecular complexity index is 233. The number of hydrogen-bond acceptors (Lipinski definition) is 3. The van der Waals surface area contributed by atoms with E-state index in [0.29, 0.717) is 19.3 Å². The smallest absolute Gasteiger partial charge is 0.323 e. The highest BCUT2D eigenvalue weighted by molar-refractivity contribution is 5.73. The minimum Gasteiger partial charge on any atom is -0.480 e. The van der Waals surface area contributed by atoms with Crippen molar-refractivity contribution in [1.29, 1.82) is 0 Å². The van der Waals surface area contributed by atoms with Gasteiger partial charge in [0.15, 0.2) is 0 Å². The van der Waals surface area contributed by atoms with Gasteiger partial charge in [0.1, 0.15) is 6.04 Å². The van der Waals surface area contributed by atoms with Gasteiger partial charge in [0, 0.05) is 12.6 Å². The molecule has 2 unspecified atom stereocenters. The molecular formula is C13H25NO3. The maximum Gasteiger partial charge on any atom is 0.323 e. The van der Waals surface area contributed by atoms with E-state index < -0.39 is 12.0 Å². The standard InChI is InChI=1S/C13H25NO3/c1-3-4-5-6-7-11(2)14-8-9-17-10-12(14)13(15)16/h11-12H,3-10H2,1-2H3,(H,15,16). The first-order valence-corrected chi connectivity index (χ1v) is 6.73. The van der Waals surface area contributed by atoms with Crippen LogP contribution in [0.3, 0.4) is 0 Å². The number of morpholine rings is 1. The van der Waals surface area contributed by atoms with Gasteiger partial charge in [0.25, 0.3) is 0 Å². The molecule has 0 bridgehead atoms. The van der Waals surface area contributed by atoms with Crippen LogP contribution in [0.2, 0.25) is 0 Å². The predicted octanol–water partition coefficient (Wildman–Crippen LogP) is 2.13. The summed E-state index contributed by atoms with van der Waals surface area (Å²) < 4.78 is 5.24. The molecule has 1 saturated heterocycles. The predicted molar refractivity (Wildman–Crippen MR) is 67.2 cm³/mol. The minimum absolute atomic E-state index is 0.328. The Labute approximate surface area is 104 Å². The van der Waals surface area contributed by atoms with Gasteiger partial charge in [-0.1, -0.05) is 32.6 Å². The number of rotatable bonds is 7. The summed E-state index contributed by atoms with van der Waals surface area (Å²) in [5.41, 5.74) is 0. The maximum atomic E-state index is 11.1. The quantitative estimate of drug-likeness (QED) is 0.696. The van der Waals surface area contributed by atoms with Crippen LogP contribution in [0.15, 0.2) is 0 Å². The van der Waals surface area contributed by atoms with Gasteiger partial charge in [-0.15, -0.1) is 0 Å². The molecule has 1 rings (SSSR count). The topological polar surface area (TPSA) is 49.8 Å². The summed E-state index contributed by atoms with van der Waals surface area (Å²) in [7, 11) is 0. The van der Waals surface area contributed by atoms with Crippen molar-refractivity contribution in [3.63, 3.8) is 0 Å². The first-order chi connectivity index (χ1) is 8.16. The number of carbonyl (C=O) groups is 1. The number of aliphatic carboxylic acids is 1. The van der Waals surface area contributed by atoms with Crippen molar-refractivity contribution in [2.75, 3.05) is 19.8 Å². The van der Waals surface area contributed by atoms with Crippen LogP contribution >= 0.6 is 0 Å². The van der Waals surface area contributed by atoms with Gasteiger partial charge in [-0.3, -0.25) is 9.69 Å².